The van der Waals surface area contributed by atoms with E-state index in [9.17, 15) is 9.18 Å². The summed E-state index contributed by atoms with van der Waals surface area (Å²) in [6.45, 7) is 1.35. The Morgan fingerprint density at radius 2 is 2.06 bits per heavy atom. The van der Waals surface area contributed by atoms with Crippen molar-refractivity contribution in [2.75, 3.05) is 11.9 Å². The van der Waals surface area contributed by atoms with Crippen LogP contribution in [-0.2, 0) is 13.0 Å². The molecule has 2 aromatic rings. The van der Waals surface area contributed by atoms with Crippen molar-refractivity contribution in [2.24, 2.45) is 0 Å². The molecular formula is C14H13FN2O. The summed E-state index contributed by atoms with van der Waals surface area (Å²) in [6, 6.07) is 7.89. The molecule has 0 atom stereocenters. The zero-order valence-electron chi connectivity index (χ0n) is 9.82. The molecule has 92 valence electrons. The van der Waals surface area contributed by atoms with Gasteiger partial charge in [-0.3, -0.25) is 4.79 Å². The number of hydrogen-bond acceptors (Lipinski definition) is 2. The van der Waals surface area contributed by atoms with E-state index >= 15 is 0 Å². The number of pyridine rings is 1. The lowest BCUT2D eigenvalue weighted by Crippen LogP contribution is -2.19. The molecular weight excluding hydrogens is 231 g/mol. The maximum absolute atomic E-state index is 12.8. The molecule has 1 aromatic carbocycles. The molecule has 0 radical (unpaired) electrons. The number of hydrogen-bond donors (Lipinski definition) is 1. The molecule has 0 bridgehead atoms. The van der Waals surface area contributed by atoms with Crippen LogP contribution in [0.4, 0.5) is 10.1 Å². The van der Waals surface area contributed by atoms with Gasteiger partial charge in [-0.15, -0.1) is 0 Å². The van der Waals surface area contributed by atoms with E-state index in [1.54, 1.807) is 22.8 Å². The Hall–Kier alpha value is -2.10. The summed E-state index contributed by atoms with van der Waals surface area (Å²) >= 11 is 0. The first-order chi connectivity index (χ1) is 8.72. The summed E-state index contributed by atoms with van der Waals surface area (Å²) in [5.74, 6) is -0.262. The fraction of sp³-hybridized carbons (Fsp3) is 0.214. The molecule has 0 amide bonds. The molecule has 2 heterocycles. The van der Waals surface area contributed by atoms with Gasteiger partial charge in [-0.1, -0.05) is 12.1 Å². The fourth-order valence-electron chi connectivity index (χ4n) is 2.22. The minimum Gasteiger partial charge on any atom is -0.383 e. The van der Waals surface area contributed by atoms with Gasteiger partial charge >= 0.3 is 0 Å². The molecule has 0 fully saturated rings. The zero-order valence-corrected chi connectivity index (χ0v) is 9.82. The first-order valence-corrected chi connectivity index (χ1v) is 5.94. The molecule has 1 aliphatic heterocycles. The maximum Gasteiger partial charge on any atom is 0.251 e. The van der Waals surface area contributed by atoms with Crippen LogP contribution in [0.3, 0.4) is 0 Å². The Labute approximate surface area is 104 Å². The smallest absolute Gasteiger partial charge is 0.251 e. The summed E-state index contributed by atoms with van der Waals surface area (Å²) < 4.78 is 14.4. The van der Waals surface area contributed by atoms with Crippen molar-refractivity contribution in [1.29, 1.82) is 0 Å². The van der Waals surface area contributed by atoms with Gasteiger partial charge in [0, 0.05) is 18.8 Å². The molecule has 0 saturated carbocycles. The Balaban J connectivity index is 1.93. The highest BCUT2D eigenvalue weighted by atomic mass is 19.1. The van der Waals surface area contributed by atoms with Gasteiger partial charge in [0.15, 0.2) is 0 Å². The van der Waals surface area contributed by atoms with E-state index in [1.807, 2.05) is 6.20 Å². The second-order valence-corrected chi connectivity index (χ2v) is 4.48. The van der Waals surface area contributed by atoms with Crippen LogP contribution >= 0.6 is 0 Å². The van der Waals surface area contributed by atoms with Crippen LogP contribution in [-0.4, -0.2) is 11.1 Å². The predicted molar refractivity (Wildman–Crippen MR) is 68.4 cm³/mol. The van der Waals surface area contributed by atoms with Gasteiger partial charge in [0.05, 0.1) is 12.2 Å². The Bertz CT molecular complexity index is 631. The molecule has 1 N–H and O–H groups in total. The number of nitrogens with zero attached hydrogens (tertiary/aromatic N) is 1. The molecule has 18 heavy (non-hydrogen) atoms. The molecule has 3 nitrogen and oxygen atoms in total. The van der Waals surface area contributed by atoms with E-state index in [4.69, 9.17) is 0 Å². The number of nitrogens with one attached hydrogen (secondary N) is 1. The van der Waals surface area contributed by atoms with E-state index < -0.39 is 0 Å². The Morgan fingerprint density at radius 1 is 1.28 bits per heavy atom. The highest BCUT2D eigenvalue weighted by Crippen LogP contribution is 2.19. The molecule has 0 spiro atoms. The fourth-order valence-corrected chi connectivity index (χ4v) is 2.22. The third kappa shape index (κ3) is 2.01. The van der Waals surface area contributed by atoms with E-state index in [2.05, 4.69) is 5.32 Å². The third-order valence-electron chi connectivity index (χ3n) is 3.19. The predicted octanol–water partition coefficient (Wildman–Crippen LogP) is 2.00. The van der Waals surface area contributed by atoms with Crippen molar-refractivity contribution in [3.8, 4) is 0 Å². The quantitative estimate of drug-likeness (QED) is 0.876. The second-order valence-electron chi connectivity index (χ2n) is 4.48. The second kappa shape index (κ2) is 4.29. The van der Waals surface area contributed by atoms with E-state index in [1.165, 1.54) is 12.1 Å². The lowest BCUT2D eigenvalue weighted by Gasteiger charge is -2.08. The van der Waals surface area contributed by atoms with Crippen molar-refractivity contribution < 1.29 is 4.39 Å². The van der Waals surface area contributed by atoms with E-state index in [-0.39, 0.29) is 11.4 Å². The standard InChI is InChI=1S/C14H13FN2O/c15-12-3-1-10(2-4-12)8-17-9-13-11(5-6-16-13)7-14(17)18/h1-4,7,9,16H,5-6,8H2. The van der Waals surface area contributed by atoms with Gasteiger partial charge in [0.2, 0.25) is 0 Å². The molecule has 3 rings (SSSR count). The van der Waals surface area contributed by atoms with Crippen LogP contribution in [0.1, 0.15) is 11.1 Å². The minimum atomic E-state index is -0.262. The van der Waals surface area contributed by atoms with Crippen molar-refractivity contribution >= 4 is 5.69 Å². The lowest BCUT2D eigenvalue weighted by molar-refractivity contribution is 0.626. The van der Waals surface area contributed by atoms with Crippen LogP contribution in [0.15, 0.2) is 41.3 Å². The summed E-state index contributed by atoms with van der Waals surface area (Å²) in [6.07, 6.45) is 2.75. The van der Waals surface area contributed by atoms with Crippen molar-refractivity contribution in [3.63, 3.8) is 0 Å². The molecule has 0 saturated heterocycles. The summed E-state index contributed by atoms with van der Waals surface area (Å²) in [5, 5.41) is 3.24. The van der Waals surface area contributed by atoms with Gasteiger partial charge in [-0.25, -0.2) is 4.39 Å². The van der Waals surface area contributed by atoms with Crippen LogP contribution in [0.5, 0.6) is 0 Å². The lowest BCUT2D eigenvalue weighted by atomic mass is 10.2. The third-order valence-corrected chi connectivity index (χ3v) is 3.19. The van der Waals surface area contributed by atoms with E-state index in [0.29, 0.717) is 6.54 Å². The Morgan fingerprint density at radius 3 is 2.83 bits per heavy atom. The summed E-state index contributed by atoms with van der Waals surface area (Å²) in [7, 11) is 0. The van der Waals surface area contributed by atoms with Crippen LogP contribution in [0.2, 0.25) is 0 Å². The number of benzene rings is 1. The molecule has 4 heteroatoms. The summed E-state index contributed by atoms with van der Waals surface area (Å²) in [5.41, 5.74) is 3.00. The monoisotopic (exact) mass is 244 g/mol. The minimum absolute atomic E-state index is 0.0122. The molecule has 1 aromatic heterocycles. The average Bonchev–Trinajstić information content (AvgIpc) is 2.79. The average molecular weight is 244 g/mol. The SMILES string of the molecule is O=c1cc2c(cn1Cc1ccc(F)cc1)NCC2. The normalized spacial score (nSPS) is 13.2. The van der Waals surface area contributed by atoms with Gasteiger partial charge in [0.1, 0.15) is 5.82 Å². The number of fused-ring (bicyclic) bond motifs is 1. The van der Waals surface area contributed by atoms with E-state index in [0.717, 1.165) is 29.8 Å². The molecule has 1 aliphatic rings. The number of anilines is 1. The van der Waals surface area contributed by atoms with Crippen molar-refractivity contribution in [1.82, 2.24) is 4.57 Å². The van der Waals surface area contributed by atoms with Crippen LogP contribution < -0.4 is 10.9 Å². The highest BCUT2D eigenvalue weighted by molar-refractivity contribution is 5.53. The number of halogens is 1. The maximum atomic E-state index is 12.8. The largest absolute Gasteiger partial charge is 0.383 e. The van der Waals surface area contributed by atoms with Crippen molar-refractivity contribution in [3.05, 3.63) is 63.8 Å². The first-order valence-electron chi connectivity index (χ1n) is 5.94. The van der Waals surface area contributed by atoms with Crippen molar-refractivity contribution in [2.45, 2.75) is 13.0 Å². The molecule has 0 unspecified atom stereocenters. The summed E-state index contributed by atoms with van der Waals surface area (Å²) in [4.78, 5) is 11.9. The molecule has 0 aliphatic carbocycles. The van der Waals surface area contributed by atoms with Crippen LogP contribution in [0.25, 0.3) is 0 Å². The van der Waals surface area contributed by atoms with Crippen LogP contribution in [0, 0.1) is 5.82 Å². The topological polar surface area (TPSA) is 34.0 Å². The highest BCUT2D eigenvalue weighted by Gasteiger charge is 2.12. The van der Waals surface area contributed by atoms with Gasteiger partial charge in [-0.2, -0.15) is 0 Å². The van der Waals surface area contributed by atoms with Gasteiger partial charge in [0.25, 0.3) is 5.56 Å². The Kier molecular flexibility index (Phi) is 2.63. The number of rotatable bonds is 2. The first kappa shape index (κ1) is 11.0. The number of aromatic nitrogens is 1. The van der Waals surface area contributed by atoms with Gasteiger partial charge in [-0.05, 0) is 29.7 Å². The zero-order chi connectivity index (χ0) is 12.5. The van der Waals surface area contributed by atoms with Gasteiger partial charge < -0.3 is 9.88 Å².